The quantitative estimate of drug-likeness (QED) is 0.362. The molecule has 7 nitrogen and oxygen atoms in total. The van der Waals surface area contributed by atoms with Gasteiger partial charge in [0.25, 0.3) is 0 Å². The summed E-state index contributed by atoms with van der Waals surface area (Å²) in [6.45, 7) is 3.49. The van der Waals surface area contributed by atoms with Gasteiger partial charge in [0, 0.05) is 48.0 Å². The maximum absolute atomic E-state index is 11.8. The number of aromatic nitrogens is 1. The Morgan fingerprint density at radius 3 is 2.39 bits per heavy atom. The normalized spacial score (nSPS) is 19.3. The number of benzene rings is 2. The summed E-state index contributed by atoms with van der Waals surface area (Å²) in [5.41, 5.74) is 3.12. The van der Waals surface area contributed by atoms with Crippen LogP contribution in [-0.2, 0) is 4.79 Å². The Bertz CT molecular complexity index is 1380. The number of carbonyl (C=O) groups is 1. The smallest absolute Gasteiger partial charge is 0.224 e. The molecule has 7 rings (SSSR count). The monoisotopic (exact) mass is 588 g/mol. The fraction of sp³-hybridized carbons (Fsp3) is 0.469. The van der Waals surface area contributed by atoms with Gasteiger partial charge in [-0.3, -0.25) is 4.79 Å². The first-order valence-corrected chi connectivity index (χ1v) is 16.6. The van der Waals surface area contributed by atoms with Crippen LogP contribution in [0.25, 0.3) is 21.0 Å². The van der Waals surface area contributed by atoms with Crippen LogP contribution < -0.4 is 19.7 Å². The first kappa shape index (κ1) is 27.9. The van der Waals surface area contributed by atoms with Crippen LogP contribution in [0.5, 0.6) is 11.5 Å². The van der Waals surface area contributed by atoms with Crippen LogP contribution in [-0.4, -0.2) is 54.2 Å². The Morgan fingerprint density at radius 1 is 0.976 bits per heavy atom. The summed E-state index contributed by atoms with van der Waals surface area (Å²) >= 11 is 3.74. The van der Waals surface area contributed by atoms with E-state index in [2.05, 4.69) is 45.5 Å². The van der Waals surface area contributed by atoms with Crippen molar-refractivity contribution < 1.29 is 14.3 Å². The number of carbonyl (C=O) groups excluding carboxylic acids is 1. The van der Waals surface area contributed by atoms with Crippen molar-refractivity contribution in [1.82, 2.24) is 10.3 Å². The van der Waals surface area contributed by atoms with Crippen molar-refractivity contribution in [3.8, 4) is 38.6 Å². The van der Waals surface area contributed by atoms with Crippen LogP contribution in [0, 0.1) is 17.2 Å². The third-order valence-corrected chi connectivity index (χ3v) is 10.2. The number of hydrogen-bond donors (Lipinski definition) is 1. The number of nitrogens with zero attached hydrogens (tertiary/aromatic N) is 3. The summed E-state index contributed by atoms with van der Waals surface area (Å²) in [5.74, 6) is 4.34. The summed E-state index contributed by atoms with van der Waals surface area (Å²) in [4.78, 5) is 20.0. The van der Waals surface area contributed by atoms with E-state index >= 15 is 0 Å². The average molecular weight is 589 g/mol. The Hall–Kier alpha value is -3.22. The van der Waals surface area contributed by atoms with Crippen LogP contribution >= 0.6 is 23.1 Å². The molecule has 41 heavy (non-hydrogen) atoms. The van der Waals surface area contributed by atoms with Crippen molar-refractivity contribution in [3.63, 3.8) is 0 Å². The van der Waals surface area contributed by atoms with E-state index in [0.717, 1.165) is 73.7 Å². The van der Waals surface area contributed by atoms with Gasteiger partial charge < -0.3 is 19.7 Å². The number of nitriles is 1. The number of hydrogen-bond acceptors (Lipinski definition) is 8. The molecule has 1 aromatic heterocycles. The van der Waals surface area contributed by atoms with E-state index in [0.29, 0.717) is 13.2 Å². The van der Waals surface area contributed by atoms with Gasteiger partial charge in [0.1, 0.15) is 23.8 Å². The van der Waals surface area contributed by atoms with E-state index in [1.807, 2.05) is 36.2 Å². The summed E-state index contributed by atoms with van der Waals surface area (Å²) in [7, 11) is 0. The highest BCUT2D eigenvalue weighted by Crippen LogP contribution is 2.38. The highest BCUT2D eigenvalue weighted by molar-refractivity contribution is 7.99. The maximum Gasteiger partial charge on any atom is 0.224 e. The lowest BCUT2D eigenvalue weighted by Crippen LogP contribution is -2.40. The number of anilines is 1. The molecular weight excluding hydrogens is 553 g/mol. The lowest BCUT2D eigenvalue weighted by Gasteiger charge is -2.28. The number of ether oxygens (including phenoxy) is 2. The number of amides is 1. The molecule has 214 valence electrons. The second-order valence-corrected chi connectivity index (χ2v) is 13.3. The minimum absolute atomic E-state index is 0.115. The highest BCUT2D eigenvalue weighted by Gasteiger charge is 2.45. The maximum atomic E-state index is 11.8. The second kappa shape index (κ2) is 12.7. The van der Waals surface area contributed by atoms with Gasteiger partial charge >= 0.3 is 0 Å². The molecule has 2 aliphatic heterocycles. The minimum atomic E-state index is -0.478. The molecule has 1 N–H and O–H groups in total. The molecule has 0 spiro atoms. The van der Waals surface area contributed by atoms with Crippen LogP contribution in [0.15, 0.2) is 48.7 Å². The van der Waals surface area contributed by atoms with Gasteiger partial charge in [0.05, 0.1) is 10.9 Å². The van der Waals surface area contributed by atoms with Gasteiger partial charge in [0.2, 0.25) is 5.91 Å². The molecule has 2 aliphatic carbocycles. The molecule has 0 atom stereocenters. The van der Waals surface area contributed by atoms with E-state index in [1.54, 1.807) is 11.3 Å². The summed E-state index contributed by atoms with van der Waals surface area (Å²) in [5, 5.41) is 12.7. The molecule has 1 amide bonds. The summed E-state index contributed by atoms with van der Waals surface area (Å²) < 4.78 is 11.3. The van der Waals surface area contributed by atoms with Crippen LogP contribution in [0.3, 0.4) is 0 Å². The molecule has 3 heterocycles. The van der Waals surface area contributed by atoms with Gasteiger partial charge in [-0.1, -0.05) is 31.4 Å². The van der Waals surface area contributed by atoms with Crippen LogP contribution in [0.2, 0.25) is 0 Å². The number of rotatable bonds is 5. The van der Waals surface area contributed by atoms with Crippen LogP contribution in [0.4, 0.5) is 5.69 Å². The molecule has 3 aromatic rings. The Kier molecular flexibility index (Phi) is 8.68. The number of thiazole rings is 1. The largest absolute Gasteiger partial charge is 0.486 e. The lowest BCUT2D eigenvalue weighted by molar-refractivity contribution is -0.126. The average Bonchev–Trinajstić information content (AvgIpc) is 3.64. The molecule has 0 unspecified atom stereocenters. The zero-order chi connectivity index (χ0) is 28.1. The van der Waals surface area contributed by atoms with Gasteiger partial charge in [-0.2, -0.15) is 17.0 Å². The molecule has 4 aliphatic rings. The van der Waals surface area contributed by atoms with E-state index in [9.17, 15) is 4.79 Å². The highest BCUT2D eigenvalue weighted by atomic mass is 32.2. The molecule has 3 fully saturated rings. The number of fused-ring (bicyclic) bond motifs is 1. The first-order chi connectivity index (χ1) is 20.1. The van der Waals surface area contributed by atoms with Crippen molar-refractivity contribution in [2.24, 2.45) is 5.92 Å². The molecule has 9 heteroatoms. The zero-order valence-corrected chi connectivity index (χ0v) is 24.9. The van der Waals surface area contributed by atoms with Crippen molar-refractivity contribution in [3.05, 3.63) is 48.7 Å². The predicted octanol–water partition coefficient (Wildman–Crippen LogP) is 6.54. The molecule has 0 bridgehead atoms. The standard InChI is InChI=1S/C21H20N2O2S2.C11H16N2O/c1-4-17(23-7-11-26-12-8-23)5-2-15(1)20-14-22-21(27-20)16-3-6-18-19(13-16)25-10-9-24-18;12-8-11(6-7-11)13-10(14)9-4-2-1-3-5-9/h1-6,13-14H,7-12H2;9H,1-7H2,(H,13,14). The van der Waals surface area contributed by atoms with Crippen LogP contribution in [0.1, 0.15) is 44.9 Å². The molecule has 2 aromatic carbocycles. The molecule has 2 saturated carbocycles. The van der Waals surface area contributed by atoms with Crippen molar-refractivity contribution in [2.75, 3.05) is 42.7 Å². The fourth-order valence-electron chi connectivity index (χ4n) is 5.47. The van der Waals surface area contributed by atoms with E-state index in [1.165, 1.54) is 34.1 Å². The van der Waals surface area contributed by atoms with Gasteiger partial charge in [-0.05, 0) is 61.6 Å². The SMILES string of the molecule is N#CC1(NC(=O)C2CCCCC2)CC1.c1cc(N2CCSCC2)ccc1-c1cnc(-c2ccc3c(c2)OCCO3)s1. The van der Waals surface area contributed by atoms with Crippen molar-refractivity contribution >= 4 is 34.7 Å². The van der Waals surface area contributed by atoms with E-state index < -0.39 is 5.54 Å². The van der Waals surface area contributed by atoms with E-state index in [-0.39, 0.29) is 11.8 Å². The summed E-state index contributed by atoms with van der Waals surface area (Å²) in [6, 6.07) is 17.1. The summed E-state index contributed by atoms with van der Waals surface area (Å²) in [6.07, 6.45) is 9.23. The van der Waals surface area contributed by atoms with Crippen molar-refractivity contribution in [1.29, 1.82) is 5.26 Å². The third-order valence-electron chi connectivity index (χ3n) is 8.13. The van der Waals surface area contributed by atoms with Gasteiger partial charge in [0.15, 0.2) is 11.5 Å². The van der Waals surface area contributed by atoms with Gasteiger partial charge in [-0.25, -0.2) is 4.98 Å². The minimum Gasteiger partial charge on any atom is -0.486 e. The third kappa shape index (κ3) is 6.82. The zero-order valence-electron chi connectivity index (χ0n) is 23.3. The predicted molar refractivity (Wildman–Crippen MR) is 166 cm³/mol. The Balaban J connectivity index is 0.000000182. The Morgan fingerprint density at radius 2 is 1.68 bits per heavy atom. The van der Waals surface area contributed by atoms with Gasteiger partial charge in [-0.15, -0.1) is 11.3 Å². The lowest BCUT2D eigenvalue weighted by atomic mass is 9.88. The molecule has 0 radical (unpaired) electrons. The molecular formula is C32H36N4O3S2. The van der Waals surface area contributed by atoms with Crippen molar-refractivity contribution in [2.45, 2.75) is 50.5 Å². The van der Waals surface area contributed by atoms with E-state index in [4.69, 9.17) is 14.7 Å². The molecule has 1 saturated heterocycles. The fourth-order valence-corrected chi connectivity index (χ4v) is 7.29. The Labute approximate surface area is 250 Å². The topological polar surface area (TPSA) is 87.5 Å². The number of thioether (sulfide) groups is 1. The first-order valence-electron chi connectivity index (χ1n) is 14.6. The second-order valence-electron chi connectivity index (χ2n) is 11.1. The number of nitrogens with one attached hydrogen (secondary N) is 1.